The number of nitrogens with one attached hydrogen (secondary N) is 1. The van der Waals surface area contributed by atoms with E-state index < -0.39 is 16.1 Å². The van der Waals surface area contributed by atoms with Crippen LogP contribution in [0.4, 0.5) is 5.69 Å². The lowest BCUT2D eigenvalue weighted by atomic mass is 9.94. The summed E-state index contributed by atoms with van der Waals surface area (Å²) in [5, 5.41) is 28.0. The van der Waals surface area contributed by atoms with Crippen LogP contribution >= 0.6 is 0 Å². The van der Waals surface area contributed by atoms with Crippen molar-refractivity contribution in [2.75, 3.05) is 6.54 Å². The van der Waals surface area contributed by atoms with Crippen LogP contribution in [-0.2, 0) is 10.3 Å². The van der Waals surface area contributed by atoms with Gasteiger partial charge in [0.2, 0.25) is 5.91 Å². The molecule has 23 heavy (non-hydrogen) atoms. The number of nitrogens with zero attached hydrogens (tertiary/aromatic N) is 3. The van der Waals surface area contributed by atoms with Crippen molar-refractivity contribution in [1.82, 2.24) is 15.1 Å². The smallest absolute Gasteiger partial charge is 0.307 e. The van der Waals surface area contributed by atoms with Gasteiger partial charge in [0.25, 0.3) is 0 Å². The van der Waals surface area contributed by atoms with Crippen LogP contribution in [-0.4, -0.2) is 37.9 Å². The summed E-state index contributed by atoms with van der Waals surface area (Å²) in [5.74, 6) is -0.326. The highest BCUT2D eigenvalue weighted by atomic mass is 16.6. The predicted octanol–water partition coefficient (Wildman–Crippen LogP) is 1.73. The first-order chi connectivity index (χ1) is 10.7. The molecule has 0 spiro atoms. The van der Waals surface area contributed by atoms with Gasteiger partial charge in [-0.15, -0.1) is 0 Å². The lowest BCUT2D eigenvalue weighted by molar-refractivity contribution is -0.385. The molecule has 1 saturated carbocycles. The third-order valence-corrected chi connectivity index (χ3v) is 4.52. The molecule has 0 aromatic carbocycles. The van der Waals surface area contributed by atoms with Crippen LogP contribution in [0.25, 0.3) is 0 Å². The summed E-state index contributed by atoms with van der Waals surface area (Å²) in [6.07, 6.45) is 7.86. The number of carbonyl (C=O) groups is 1. The Bertz CT molecular complexity index is 574. The van der Waals surface area contributed by atoms with Crippen LogP contribution in [0.1, 0.15) is 52.4 Å². The van der Waals surface area contributed by atoms with Gasteiger partial charge in [-0.25, -0.2) is 0 Å². The fourth-order valence-corrected chi connectivity index (χ4v) is 2.84. The zero-order valence-electron chi connectivity index (χ0n) is 13.6. The first kappa shape index (κ1) is 17.4. The second-order valence-electron chi connectivity index (χ2n) is 6.78. The molecule has 0 saturated heterocycles. The van der Waals surface area contributed by atoms with Crippen LogP contribution in [0.3, 0.4) is 0 Å². The number of carbonyl (C=O) groups excluding carboxylic acids is 1. The Kier molecular flexibility index (Phi) is 5.03. The number of aliphatic hydroxyl groups is 1. The maximum absolute atomic E-state index is 12.5. The van der Waals surface area contributed by atoms with Gasteiger partial charge in [0, 0.05) is 6.54 Å². The Balaban J connectivity index is 2.01. The van der Waals surface area contributed by atoms with Gasteiger partial charge >= 0.3 is 5.69 Å². The van der Waals surface area contributed by atoms with Crippen molar-refractivity contribution in [3.05, 3.63) is 22.5 Å². The van der Waals surface area contributed by atoms with E-state index in [0.29, 0.717) is 12.8 Å². The van der Waals surface area contributed by atoms with Crippen molar-refractivity contribution in [2.24, 2.45) is 0 Å². The van der Waals surface area contributed by atoms with E-state index in [2.05, 4.69) is 10.4 Å². The van der Waals surface area contributed by atoms with Crippen molar-refractivity contribution < 1.29 is 14.8 Å². The van der Waals surface area contributed by atoms with Crippen LogP contribution in [0.5, 0.6) is 0 Å². The molecule has 1 aromatic rings. The molecule has 1 amide bonds. The van der Waals surface area contributed by atoms with Gasteiger partial charge in [0.1, 0.15) is 17.9 Å². The number of hydrogen-bond donors (Lipinski definition) is 2. The third-order valence-electron chi connectivity index (χ3n) is 4.52. The summed E-state index contributed by atoms with van der Waals surface area (Å²) in [6, 6.07) is 0. The van der Waals surface area contributed by atoms with Gasteiger partial charge < -0.3 is 10.4 Å². The molecule has 0 unspecified atom stereocenters. The fourth-order valence-electron chi connectivity index (χ4n) is 2.84. The molecule has 0 aliphatic heterocycles. The minimum atomic E-state index is -1.07. The van der Waals surface area contributed by atoms with Crippen molar-refractivity contribution in [2.45, 2.75) is 63.5 Å². The number of hydrogen-bond acceptors (Lipinski definition) is 5. The maximum atomic E-state index is 12.5. The zero-order valence-corrected chi connectivity index (χ0v) is 13.6. The molecule has 1 heterocycles. The van der Waals surface area contributed by atoms with E-state index in [1.165, 1.54) is 10.9 Å². The molecule has 0 atom stereocenters. The first-order valence-corrected chi connectivity index (χ1v) is 7.95. The molecule has 1 aliphatic carbocycles. The van der Waals surface area contributed by atoms with Gasteiger partial charge in [-0.3, -0.25) is 19.6 Å². The minimum absolute atomic E-state index is 0.159. The Morgan fingerprint density at radius 3 is 2.57 bits per heavy atom. The molecular formula is C15H24N4O4. The van der Waals surface area contributed by atoms with E-state index in [-0.39, 0.29) is 18.1 Å². The standard InChI is InChI=1S/C15H24N4O4/c1-14(2,18-10-12(9-17-18)19(22)23)13(20)16-11-15(21)7-5-3-4-6-8-15/h9-10,21H,3-8,11H2,1-2H3,(H,16,20). The number of aromatic nitrogens is 2. The van der Waals surface area contributed by atoms with E-state index in [9.17, 15) is 20.0 Å². The second kappa shape index (κ2) is 6.66. The van der Waals surface area contributed by atoms with E-state index in [0.717, 1.165) is 31.9 Å². The lowest BCUT2D eigenvalue weighted by Crippen LogP contribution is -2.50. The SMILES string of the molecule is CC(C)(C(=O)NCC1(O)CCCCCC1)n1cc([N+](=O)[O-])cn1. The third kappa shape index (κ3) is 4.07. The number of rotatable bonds is 5. The van der Waals surface area contributed by atoms with Gasteiger partial charge in [0.05, 0.1) is 10.5 Å². The number of amides is 1. The van der Waals surface area contributed by atoms with E-state index in [1.54, 1.807) is 13.8 Å². The van der Waals surface area contributed by atoms with Crippen molar-refractivity contribution in [3.63, 3.8) is 0 Å². The summed E-state index contributed by atoms with van der Waals surface area (Å²) in [6.45, 7) is 3.46. The maximum Gasteiger partial charge on any atom is 0.307 e. The summed E-state index contributed by atoms with van der Waals surface area (Å²) in [5.41, 5.74) is -2.10. The summed E-state index contributed by atoms with van der Waals surface area (Å²) < 4.78 is 1.28. The fraction of sp³-hybridized carbons (Fsp3) is 0.733. The largest absolute Gasteiger partial charge is 0.388 e. The van der Waals surface area contributed by atoms with Crippen molar-refractivity contribution in [3.8, 4) is 0 Å². The highest BCUT2D eigenvalue weighted by Crippen LogP contribution is 2.27. The summed E-state index contributed by atoms with van der Waals surface area (Å²) in [4.78, 5) is 22.6. The topological polar surface area (TPSA) is 110 Å². The average molecular weight is 324 g/mol. The Morgan fingerprint density at radius 2 is 2.04 bits per heavy atom. The van der Waals surface area contributed by atoms with E-state index in [1.807, 2.05) is 0 Å². The molecule has 0 radical (unpaired) electrons. The molecule has 128 valence electrons. The molecule has 0 bridgehead atoms. The van der Waals surface area contributed by atoms with Crippen LogP contribution in [0, 0.1) is 10.1 Å². The lowest BCUT2D eigenvalue weighted by Gasteiger charge is -2.30. The first-order valence-electron chi connectivity index (χ1n) is 7.95. The molecule has 2 rings (SSSR count). The van der Waals surface area contributed by atoms with E-state index >= 15 is 0 Å². The highest BCUT2D eigenvalue weighted by molar-refractivity contribution is 5.83. The monoisotopic (exact) mass is 324 g/mol. The van der Waals surface area contributed by atoms with Crippen LogP contribution in [0.2, 0.25) is 0 Å². The molecule has 1 fully saturated rings. The normalized spacial score (nSPS) is 18.2. The summed E-state index contributed by atoms with van der Waals surface area (Å²) in [7, 11) is 0. The number of nitro groups is 1. The summed E-state index contributed by atoms with van der Waals surface area (Å²) >= 11 is 0. The van der Waals surface area contributed by atoms with Gasteiger partial charge in [-0.05, 0) is 26.7 Å². The average Bonchev–Trinajstić information content (AvgIpc) is 2.90. The van der Waals surface area contributed by atoms with Crippen LogP contribution < -0.4 is 5.32 Å². The Labute approximate surface area is 135 Å². The van der Waals surface area contributed by atoms with Crippen molar-refractivity contribution in [1.29, 1.82) is 0 Å². The molecule has 8 nitrogen and oxygen atoms in total. The second-order valence-corrected chi connectivity index (χ2v) is 6.78. The zero-order chi connectivity index (χ0) is 17.1. The van der Waals surface area contributed by atoms with Gasteiger partial charge in [-0.2, -0.15) is 5.10 Å². The molecule has 8 heteroatoms. The molecule has 2 N–H and O–H groups in total. The van der Waals surface area contributed by atoms with Crippen molar-refractivity contribution >= 4 is 11.6 Å². The Hall–Kier alpha value is -1.96. The Morgan fingerprint density at radius 1 is 1.43 bits per heavy atom. The quantitative estimate of drug-likeness (QED) is 0.487. The molecular weight excluding hydrogens is 300 g/mol. The minimum Gasteiger partial charge on any atom is -0.388 e. The molecule has 1 aliphatic rings. The highest BCUT2D eigenvalue weighted by Gasteiger charge is 2.35. The van der Waals surface area contributed by atoms with Gasteiger partial charge in [0.15, 0.2) is 0 Å². The van der Waals surface area contributed by atoms with E-state index in [4.69, 9.17) is 0 Å². The molecule has 1 aromatic heterocycles. The van der Waals surface area contributed by atoms with Crippen LogP contribution in [0.15, 0.2) is 12.4 Å². The predicted molar refractivity (Wildman–Crippen MR) is 83.9 cm³/mol. The van der Waals surface area contributed by atoms with Gasteiger partial charge in [-0.1, -0.05) is 25.7 Å².